The van der Waals surface area contributed by atoms with Crippen LogP contribution < -0.4 is 5.73 Å². The van der Waals surface area contributed by atoms with Gasteiger partial charge in [-0.25, -0.2) is 0 Å². The van der Waals surface area contributed by atoms with E-state index in [0.717, 1.165) is 8.68 Å². The van der Waals surface area contributed by atoms with E-state index in [1.165, 1.54) is 4.88 Å². The van der Waals surface area contributed by atoms with E-state index in [-0.39, 0.29) is 11.3 Å². The molecule has 0 saturated heterocycles. The van der Waals surface area contributed by atoms with Gasteiger partial charge in [0, 0.05) is 20.8 Å². The molecule has 0 fully saturated rings. The Kier molecular flexibility index (Phi) is 5.64. The van der Waals surface area contributed by atoms with Gasteiger partial charge < -0.3 is 5.73 Å². The average Bonchev–Trinajstić information content (AvgIpc) is 2.76. The smallest absolute Gasteiger partial charge is 0.0701 e. The van der Waals surface area contributed by atoms with Crippen molar-refractivity contribution in [2.75, 3.05) is 0 Å². The van der Waals surface area contributed by atoms with Crippen LogP contribution >= 0.6 is 62.2 Å². The quantitative estimate of drug-likeness (QED) is 0.641. The third-order valence-corrected chi connectivity index (χ3v) is 6.56. The van der Waals surface area contributed by atoms with Crippen LogP contribution in [0.2, 0.25) is 10.0 Å². The normalized spacial score (nSPS) is 14.4. The van der Waals surface area contributed by atoms with Gasteiger partial charge in [0.25, 0.3) is 0 Å². The monoisotopic (exact) mass is 395 g/mol. The van der Waals surface area contributed by atoms with Crippen molar-refractivity contribution in [1.29, 1.82) is 0 Å². The molecule has 0 aliphatic heterocycles. The van der Waals surface area contributed by atoms with E-state index >= 15 is 0 Å². The molecule has 0 saturated carbocycles. The van der Waals surface area contributed by atoms with Gasteiger partial charge in [-0.1, -0.05) is 23.2 Å². The highest BCUT2D eigenvalue weighted by molar-refractivity contribution is 9.11. The second kappa shape index (κ2) is 6.83. The first-order valence-electron chi connectivity index (χ1n) is 5.60. The third kappa shape index (κ3) is 4.13. The fourth-order valence-electron chi connectivity index (χ4n) is 1.61. The van der Waals surface area contributed by atoms with Crippen molar-refractivity contribution >= 4 is 62.2 Å². The molecule has 2 atom stereocenters. The lowest BCUT2D eigenvalue weighted by Crippen LogP contribution is -2.21. The van der Waals surface area contributed by atoms with Crippen LogP contribution in [-0.4, -0.2) is 6.04 Å². The summed E-state index contributed by atoms with van der Waals surface area (Å²) in [7, 11) is 0. The fraction of sp³-hybridized carbons (Fsp3) is 0.231. The molecule has 0 spiro atoms. The lowest BCUT2D eigenvalue weighted by Gasteiger charge is -2.19. The maximum atomic E-state index is 6.21. The Balaban J connectivity index is 2.29. The molecule has 1 nitrogen and oxygen atoms in total. The standard InChI is InChI=1S/C13H12BrCl2NS2/c1-7(17)13(10-4-5-12(14)18-10)19-11-6-8(15)2-3-9(11)16/h2-7,13H,17H2,1H3. The fourth-order valence-corrected chi connectivity index (χ4v) is 4.97. The molecule has 19 heavy (non-hydrogen) atoms. The molecule has 2 N–H and O–H groups in total. The van der Waals surface area contributed by atoms with E-state index in [1.807, 2.05) is 25.1 Å². The van der Waals surface area contributed by atoms with Gasteiger partial charge in [0.15, 0.2) is 0 Å². The van der Waals surface area contributed by atoms with Gasteiger partial charge in [-0.15, -0.1) is 23.1 Å². The molecule has 0 radical (unpaired) electrons. The van der Waals surface area contributed by atoms with Gasteiger partial charge in [0.1, 0.15) is 0 Å². The van der Waals surface area contributed by atoms with Crippen LogP contribution in [0.1, 0.15) is 17.1 Å². The van der Waals surface area contributed by atoms with Crippen LogP contribution in [0.3, 0.4) is 0 Å². The van der Waals surface area contributed by atoms with E-state index in [9.17, 15) is 0 Å². The minimum atomic E-state index is 0.0191. The molecular weight excluding hydrogens is 385 g/mol. The number of hydrogen-bond donors (Lipinski definition) is 1. The molecule has 1 heterocycles. The predicted octanol–water partition coefficient (Wildman–Crippen LogP) is 6.00. The average molecular weight is 397 g/mol. The lowest BCUT2D eigenvalue weighted by molar-refractivity contribution is 0.730. The van der Waals surface area contributed by atoms with Crippen LogP contribution in [0.4, 0.5) is 0 Å². The lowest BCUT2D eigenvalue weighted by atomic mass is 10.2. The Labute approximate surface area is 139 Å². The van der Waals surface area contributed by atoms with E-state index in [2.05, 4.69) is 22.0 Å². The number of thioether (sulfide) groups is 1. The summed E-state index contributed by atoms with van der Waals surface area (Å²) in [5, 5.41) is 1.55. The Morgan fingerprint density at radius 1 is 1.26 bits per heavy atom. The van der Waals surface area contributed by atoms with Crippen molar-refractivity contribution in [2.45, 2.75) is 23.1 Å². The molecule has 2 rings (SSSR count). The first-order valence-corrected chi connectivity index (χ1v) is 8.84. The predicted molar refractivity (Wildman–Crippen MR) is 90.7 cm³/mol. The molecule has 6 heteroatoms. The Morgan fingerprint density at radius 3 is 2.58 bits per heavy atom. The zero-order valence-corrected chi connectivity index (χ0v) is 14.8. The first-order chi connectivity index (χ1) is 8.97. The number of rotatable bonds is 4. The summed E-state index contributed by atoms with van der Waals surface area (Å²) in [6, 6.07) is 9.63. The second-order valence-corrected chi connectivity index (χ2v) is 8.64. The van der Waals surface area contributed by atoms with Crippen molar-refractivity contribution < 1.29 is 0 Å². The minimum Gasteiger partial charge on any atom is -0.327 e. The van der Waals surface area contributed by atoms with Crippen molar-refractivity contribution in [1.82, 2.24) is 0 Å². The summed E-state index contributed by atoms with van der Waals surface area (Å²) in [6.45, 7) is 2.00. The van der Waals surface area contributed by atoms with Crippen LogP contribution in [0, 0.1) is 0 Å². The number of nitrogens with two attached hydrogens (primary N) is 1. The summed E-state index contributed by atoms with van der Waals surface area (Å²) in [5.41, 5.74) is 6.11. The van der Waals surface area contributed by atoms with Crippen LogP contribution in [-0.2, 0) is 0 Å². The summed E-state index contributed by atoms with van der Waals surface area (Å²) < 4.78 is 1.10. The summed E-state index contributed by atoms with van der Waals surface area (Å²) in [4.78, 5) is 2.18. The van der Waals surface area contributed by atoms with Crippen LogP contribution in [0.15, 0.2) is 39.0 Å². The number of hydrogen-bond acceptors (Lipinski definition) is 3. The maximum Gasteiger partial charge on any atom is 0.0701 e. The minimum absolute atomic E-state index is 0.0191. The van der Waals surface area contributed by atoms with Gasteiger partial charge in [0.2, 0.25) is 0 Å². The molecule has 2 aromatic rings. The van der Waals surface area contributed by atoms with Gasteiger partial charge >= 0.3 is 0 Å². The van der Waals surface area contributed by atoms with E-state index < -0.39 is 0 Å². The Hall–Kier alpha value is 0.290. The molecule has 1 aromatic carbocycles. The third-order valence-electron chi connectivity index (χ3n) is 2.50. The van der Waals surface area contributed by atoms with E-state index in [1.54, 1.807) is 29.2 Å². The molecule has 0 aliphatic carbocycles. The van der Waals surface area contributed by atoms with Crippen LogP contribution in [0.25, 0.3) is 0 Å². The number of halogens is 3. The van der Waals surface area contributed by atoms with Gasteiger partial charge in [-0.05, 0) is 53.2 Å². The zero-order valence-electron chi connectivity index (χ0n) is 10.1. The Morgan fingerprint density at radius 2 is 2.00 bits per heavy atom. The second-order valence-electron chi connectivity index (χ2n) is 4.11. The van der Waals surface area contributed by atoms with Crippen molar-refractivity contribution in [3.63, 3.8) is 0 Å². The van der Waals surface area contributed by atoms with E-state index in [0.29, 0.717) is 10.0 Å². The van der Waals surface area contributed by atoms with Crippen molar-refractivity contribution in [3.8, 4) is 0 Å². The highest BCUT2D eigenvalue weighted by Crippen LogP contribution is 2.44. The number of benzene rings is 1. The largest absolute Gasteiger partial charge is 0.327 e. The molecule has 0 amide bonds. The summed E-state index contributed by atoms with van der Waals surface area (Å²) in [5.74, 6) is 0. The first kappa shape index (κ1) is 15.7. The molecule has 102 valence electrons. The molecule has 1 aromatic heterocycles. The van der Waals surface area contributed by atoms with Crippen LogP contribution in [0.5, 0.6) is 0 Å². The topological polar surface area (TPSA) is 26.0 Å². The van der Waals surface area contributed by atoms with E-state index in [4.69, 9.17) is 28.9 Å². The zero-order chi connectivity index (χ0) is 14.0. The highest BCUT2D eigenvalue weighted by atomic mass is 79.9. The maximum absolute atomic E-state index is 6.21. The Bertz CT molecular complexity index is 572. The van der Waals surface area contributed by atoms with Crippen molar-refractivity contribution in [2.24, 2.45) is 5.73 Å². The van der Waals surface area contributed by atoms with Gasteiger partial charge in [-0.2, -0.15) is 0 Å². The highest BCUT2D eigenvalue weighted by Gasteiger charge is 2.21. The number of thiophene rings is 1. The van der Waals surface area contributed by atoms with Gasteiger partial charge in [0.05, 0.1) is 14.1 Å². The molecule has 0 aliphatic rings. The molecular formula is C13H12BrCl2NS2. The van der Waals surface area contributed by atoms with Gasteiger partial charge in [-0.3, -0.25) is 0 Å². The molecule has 2 unspecified atom stereocenters. The summed E-state index contributed by atoms with van der Waals surface area (Å²) in [6.07, 6.45) is 0. The van der Waals surface area contributed by atoms with Crippen molar-refractivity contribution in [3.05, 3.63) is 49.0 Å². The molecule has 0 bridgehead atoms. The SMILES string of the molecule is CC(N)C(Sc1cc(Cl)ccc1Cl)c1ccc(Br)s1. The summed E-state index contributed by atoms with van der Waals surface area (Å²) >= 11 is 19.1.